The maximum absolute atomic E-state index is 2.66. The number of benzene rings is 1. The molecule has 1 fully saturated rings. The molecule has 0 radical (unpaired) electrons. The first kappa shape index (κ1) is 14.5. The minimum Gasteiger partial charge on any atom is -0.297 e. The summed E-state index contributed by atoms with van der Waals surface area (Å²) in [7, 11) is 0. The van der Waals surface area contributed by atoms with Crippen molar-refractivity contribution in [1.29, 1.82) is 0 Å². The zero-order chi connectivity index (χ0) is 13.7. The summed E-state index contributed by atoms with van der Waals surface area (Å²) in [5.41, 5.74) is 1.80. The Balaban J connectivity index is 1.82. The van der Waals surface area contributed by atoms with Gasteiger partial charge in [0.2, 0.25) is 0 Å². The SMILES string of the molecule is CCCC(C)(C)N1CCN(Cc2ccccc2)CC1. The molecule has 19 heavy (non-hydrogen) atoms. The molecule has 106 valence electrons. The van der Waals surface area contributed by atoms with Crippen LogP contribution in [0.25, 0.3) is 0 Å². The third-order valence-electron chi connectivity index (χ3n) is 4.34. The van der Waals surface area contributed by atoms with Gasteiger partial charge in [0.15, 0.2) is 0 Å². The van der Waals surface area contributed by atoms with Crippen LogP contribution in [0.2, 0.25) is 0 Å². The standard InChI is InChI=1S/C17H28N2/c1-4-10-17(2,3)19-13-11-18(12-14-19)15-16-8-6-5-7-9-16/h5-9H,4,10-15H2,1-3H3. The van der Waals surface area contributed by atoms with Gasteiger partial charge in [-0.15, -0.1) is 0 Å². The topological polar surface area (TPSA) is 6.48 Å². The minimum absolute atomic E-state index is 0.369. The van der Waals surface area contributed by atoms with Gasteiger partial charge in [0.1, 0.15) is 0 Å². The van der Waals surface area contributed by atoms with Gasteiger partial charge < -0.3 is 0 Å². The Bertz CT molecular complexity index is 364. The van der Waals surface area contributed by atoms with Gasteiger partial charge in [0.25, 0.3) is 0 Å². The Morgan fingerprint density at radius 2 is 1.63 bits per heavy atom. The minimum atomic E-state index is 0.369. The van der Waals surface area contributed by atoms with Crippen LogP contribution in [0.5, 0.6) is 0 Å². The molecule has 2 rings (SSSR count). The van der Waals surface area contributed by atoms with Gasteiger partial charge in [-0.3, -0.25) is 9.80 Å². The molecule has 0 N–H and O–H groups in total. The summed E-state index contributed by atoms with van der Waals surface area (Å²) < 4.78 is 0. The molecule has 0 aliphatic carbocycles. The van der Waals surface area contributed by atoms with E-state index in [2.05, 4.69) is 60.9 Å². The largest absolute Gasteiger partial charge is 0.297 e. The average molecular weight is 260 g/mol. The van der Waals surface area contributed by atoms with Gasteiger partial charge in [-0.1, -0.05) is 43.7 Å². The van der Waals surface area contributed by atoms with Gasteiger partial charge in [-0.05, 0) is 25.8 Å². The maximum atomic E-state index is 2.66. The van der Waals surface area contributed by atoms with E-state index >= 15 is 0 Å². The van der Waals surface area contributed by atoms with Crippen molar-refractivity contribution in [2.24, 2.45) is 0 Å². The highest BCUT2D eigenvalue weighted by molar-refractivity contribution is 5.14. The molecule has 0 saturated carbocycles. The van der Waals surface area contributed by atoms with Crippen LogP contribution in [0.1, 0.15) is 39.2 Å². The Hall–Kier alpha value is -0.860. The molecule has 1 heterocycles. The molecule has 1 aliphatic rings. The van der Waals surface area contributed by atoms with Gasteiger partial charge in [0.05, 0.1) is 0 Å². The summed E-state index contributed by atoms with van der Waals surface area (Å²) >= 11 is 0. The second-order valence-electron chi connectivity index (χ2n) is 6.31. The first-order valence-electron chi connectivity index (χ1n) is 7.63. The normalized spacial score (nSPS) is 18.7. The summed E-state index contributed by atoms with van der Waals surface area (Å²) in [6.07, 6.45) is 2.57. The molecular weight excluding hydrogens is 232 g/mol. The number of hydrogen-bond donors (Lipinski definition) is 0. The second kappa shape index (κ2) is 6.53. The highest BCUT2D eigenvalue weighted by Crippen LogP contribution is 2.22. The molecule has 1 saturated heterocycles. The smallest absolute Gasteiger partial charge is 0.0234 e. The Morgan fingerprint density at radius 3 is 2.21 bits per heavy atom. The zero-order valence-electron chi connectivity index (χ0n) is 12.7. The van der Waals surface area contributed by atoms with Gasteiger partial charge in [-0.2, -0.15) is 0 Å². The van der Waals surface area contributed by atoms with Gasteiger partial charge in [-0.25, -0.2) is 0 Å². The lowest BCUT2D eigenvalue weighted by Gasteiger charge is -2.44. The van der Waals surface area contributed by atoms with Crippen LogP contribution in [0.3, 0.4) is 0 Å². The summed E-state index contributed by atoms with van der Waals surface area (Å²) in [5, 5.41) is 0. The van der Waals surface area contributed by atoms with Crippen molar-refractivity contribution in [1.82, 2.24) is 9.80 Å². The van der Waals surface area contributed by atoms with E-state index in [0.717, 1.165) is 6.54 Å². The van der Waals surface area contributed by atoms with E-state index in [0.29, 0.717) is 5.54 Å². The van der Waals surface area contributed by atoms with E-state index in [1.54, 1.807) is 0 Å². The molecule has 0 amide bonds. The van der Waals surface area contributed by atoms with Crippen molar-refractivity contribution < 1.29 is 0 Å². The number of nitrogens with zero attached hydrogens (tertiary/aromatic N) is 2. The monoisotopic (exact) mass is 260 g/mol. The summed E-state index contributed by atoms with van der Waals surface area (Å²) in [4.78, 5) is 5.24. The first-order chi connectivity index (χ1) is 9.12. The first-order valence-corrected chi connectivity index (χ1v) is 7.63. The Labute approximate surface area is 118 Å². The molecule has 0 aromatic heterocycles. The van der Waals surface area contributed by atoms with E-state index in [9.17, 15) is 0 Å². The van der Waals surface area contributed by atoms with Crippen LogP contribution in [-0.4, -0.2) is 41.5 Å². The zero-order valence-corrected chi connectivity index (χ0v) is 12.7. The number of rotatable bonds is 5. The Kier molecular flexibility index (Phi) is 5.00. The molecule has 2 nitrogen and oxygen atoms in total. The van der Waals surface area contributed by atoms with E-state index in [1.807, 2.05) is 0 Å². The van der Waals surface area contributed by atoms with Crippen molar-refractivity contribution in [3.63, 3.8) is 0 Å². The van der Waals surface area contributed by atoms with E-state index in [4.69, 9.17) is 0 Å². The van der Waals surface area contributed by atoms with E-state index < -0.39 is 0 Å². The molecule has 1 aromatic carbocycles. The fourth-order valence-electron chi connectivity index (χ4n) is 3.12. The van der Waals surface area contributed by atoms with E-state index in [-0.39, 0.29) is 0 Å². The third kappa shape index (κ3) is 4.05. The van der Waals surface area contributed by atoms with Crippen molar-refractivity contribution in [3.05, 3.63) is 35.9 Å². The highest BCUT2D eigenvalue weighted by Gasteiger charge is 2.28. The summed E-state index contributed by atoms with van der Waals surface area (Å²) in [6.45, 7) is 13.0. The average Bonchev–Trinajstić information content (AvgIpc) is 2.40. The molecule has 0 atom stereocenters. The fourth-order valence-corrected chi connectivity index (χ4v) is 3.12. The molecule has 1 aromatic rings. The summed E-state index contributed by atoms with van der Waals surface area (Å²) in [6, 6.07) is 10.8. The van der Waals surface area contributed by atoms with Crippen LogP contribution in [-0.2, 0) is 6.54 Å². The lowest BCUT2D eigenvalue weighted by Crippen LogP contribution is -2.54. The molecule has 0 unspecified atom stereocenters. The molecule has 1 aliphatic heterocycles. The van der Waals surface area contributed by atoms with Crippen molar-refractivity contribution >= 4 is 0 Å². The molecular formula is C17H28N2. The van der Waals surface area contributed by atoms with Crippen molar-refractivity contribution in [3.8, 4) is 0 Å². The van der Waals surface area contributed by atoms with Crippen LogP contribution < -0.4 is 0 Å². The summed E-state index contributed by atoms with van der Waals surface area (Å²) in [5.74, 6) is 0. The van der Waals surface area contributed by atoms with Crippen molar-refractivity contribution in [2.75, 3.05) is 26.2 Å². The fraction of sp³-hybridized carbons (Fsp3) is 0.647. The maximum Gasteiger partial charge on any atom is 0.0234 e. The number of piperazine rings is 1. The lowest BCUT2D eigenvalue weighted by atomic mass is 9.95. The molecule has 0 bridgehead atoms. The lowest BCUT2D eigenvalue weighted by molar-refractivity contribution is 0.0440. The quantitative estimate of drug-likeness (QED) is 0.801. The van der Waals surface area contributed by atoms with Crippen LogP contribution in [0.15, 0.2) is 30.3 Å². The third-order valence-corrected chi connectivity index (χ3v) is 4.34. The van der Waals surface area contributed by atoms with Crippen LogP contribution in [0, 0.1) is 0 Å². The predicted molar refractivity (Wildman–Crippen MR) is 82.3 cm³/mol. The second-order valence-corrected chi connectivity index (χ2v) is 6.31. The molecule has 0 spiro atoms. The Morgan fingerprint density at radius 1 is 1.00 bits per heavy atom. The predicted octanol–water partition coefficient (Wildman–Crippen LogP) is 3.38. The number of hydrogen-bond acceptors (Lipinski definition) is 2. The molecule has 2 heteroatoms. The highest BCUT2D eigenvalue weighted by atomic mass is 15.3. The van der Waals surface area contributed by atoms with Gasteiger partial charge >= 0.3 is 0 Å². The van der Waals surface area contributed by atoms with Crippen LogP contribution >= 0.6 is 0 Å². The van der Waals surface area contributed by atoms with E-state index in [1.165, 1.54) is 44.6 Å². The van der Waals surface area contributed by atoms with Gasteiger partial charge in [0, 0.05) is 38.3 Å². The van der Waals surface area contributed by atoms with Crippen LogP contribution in [0.4, 0.5) is 0 Å². The van der Waals surface area contributed by atoms with Crippen molar-refractivity contribution in [2.45, 2.75) is 45.7 Å².